The summed E-state index contributed by atoms with van der Waals surface area (Å²) in [5.41, 5.74) is 5.07. The minimum absolute atomic E-state index is 0.0555. The average Bonchev–Trinajstić information content (AvgIpc) is 2.76. The van der Waals surface area contributed by atoms with E-state index in [1.807, 2.05) is 12.1 Å². The highest BCUT2D eigenvalue weighted by molar-refractivity contribution is 6.31. The van der Waals surface area contributed by atoms with E-state index in [1.165, 1.54) is 28.9 Å². The molecule has 1 unspecified atom stereocenters. The highest BCUT2D eigenvalue weighted by Crippen LogP contribution is 2.32. The first-order valence-corrected chi connectivity index (χ1v) is 11.4. The third-order valence-corrected chi connectivity index (χ3v) is 7.07. The van der Waals surface area contributed by atoms with Gasteiger partial charge in [0.25, 0.3) is 5.91 Å². The first kappa shape index (κ1) is 22.1. The lowest BCUT2D eigenvalue weighted by molar-refractivity contribution is -0.179. The van der Waals surface area contributed by atoms with Crippen LogP contribution in [-0.4, -0.2) is 49.2 Å². The SMILES string of the molecule is CCc1cccc(Cl)c1COc1ccc2c(c1)CCC(N1CC(C(=O)N(C)OC)C1)C2. The van der Waals surface area contributed by atoms with Crippen LogP contribution in [-0.2, 0) is 35.5 Å². The lowest BCUT2D eigenvalue weighted by Crippen LogP contribution is -2.58. The first-order chi connectivity index (χ1) is 15.0. The topological polar surface area (TPSA) is 42.0 Å². The van der Waals surface area contributed by atoms with Crippen molar-refractivity contribution in [2.24, 2.45) is 5.92 Å². The number of benzene rings is 2. The van der Waals surface area contributed by atoms with Gasteiger partial charge in [-0.1, -0.05) is 36.7 Å². The third kappa shape index (κ3) is 4.74. The van der Waals surface area contributed by atoms with Gasteiger partial charge in [0.1, 0.15) is 12.4 Å². The molecule has 0 radical (unpaired) electrons. The number of halogens is 1. The molecule has 0 N–H and O–H groups in total. The van der Waals surface area contributed by atoms with Crippen LogP contribution >= 0.6 is 11.6 Å². The maximum absolute atomic E-state index is 12.2. The van der Waals surface area contributed by atoms with Crippen molar-refractivity contribution in [3.63, 3.8) is 0 Å². The zero-order valence-electron chi connectivity index (χ0n) is 18.6. The van der Waals surface area contributed by atoms with E-state index in [2.05, 4.69) is 36.1 Å². The molecule has 2 aromatic carbocycles. The smallest absolute Gasteiger partial charge is 0.251 e. The summed E-state index contributed by atoms with van der Waals surface area (Å²) < 4.78 is 6.11. The van der Waals surface area contributed by atoms with Crippen LogP contribution in [0.5, 0.6) is 5.75 Å². The monoisotopic (exact) mass is 442 g/mol. The Morgan fingerprint density at radius 1 is 1.23 bits per heavy atom. The largest absolute Gasteiger partial charge is 0.489 e. The number of fused-ring (bicyclic) bond motifs is 1. The fraction of sp³-hybridized carbons (Fsp3) is 0.480. The molecule has 31 heavy (non-hydrogen) atoms. The van der Waals surface area contributed by atoms with Gasteiger partial charge in [0.15, 0.2) is 0 Å². The number of amides is 1. The number of aryl methyl sites for hydroxylation is 2. The van der Waals surface area contributed by atoms with E-state index < -0.39 is 0 Å². The molecule has 6 heteroatoms. The second-order valence-electron chi connectivity index (χ2n) is 8.52. The van der Waals surface area contributed by atoms with Crippen molar-refractivity contribution < 1.29 is 14.4 Å². The summed E-state index contributed by atoms with van der Waals surface area (Å²) in [6.07, 6.45) is 4.12. The van der Waals surface area contributed by atoms with E-state index in [9.17, 15) is 4.79 Å². The number of carbonyl (C=O) groups excluding carboxylic acids is 1. The Hall–Kier alpha value is -2.08. The van der Waals surface area contributed by atoms with Gasteiger partial charge in [-0.3, -0.25) is 14.5 Å². The Kier molecular flexibility index (Phi) is 6.85. The van der Waals surface area contributed by atoms with Crippen LogP contribution in [0, 0.1) is 5.92 Å². The molecule has 0 saturated carbocycles. The lowest BCUT2D eigenvalue weighted by Gasteiger charge is -2.45. The summed E-state index contributed by atoms with van der Waals surface area (Å²) in [5, 5.41) is 2.11. The molecule has 1 aliphatic carbocycles. The van der Waals surface area contributed by atoms with Crippen LogP contribution in [0.25, 0.3) is 0 Å². The molecule has 4 rings (SSSR count). The molecule has 2 aromatic rings. The Morgan fingerprint density at radius 3 is 2.77 bits per heavy atom. The molecule has 1 fully saturated rings. The van der Waals surface area contributed by atoms with Gasteiger partial charge in [-0.25, -0.2) is 5.06 Å². The van der Waals surface area contributed by atoms with E-state index in [1.54, 1.807) is 7.05 Å². The summed E-state index contributed by atoms with van der Waals surface area (Å²) in [4.78, 5) is 19.7. The number of likely N-dealkylation sites (tertiary alicyclic amines) is 1. The van der Waals surface area contributed by atoms with Crippen molar-refractivity contribution in [3.8, 4) is 5.75 Å². The molecule has 1 saturated heterocycles. The Balaban J connectivity index is 1.34. The molecule has 1 aliphatic heterocycles. The van der Waals surface area contributed by atoms with Gasteiger partial charge >= 0.3 is 0 Å². The Bertz CT molecular complexity index is 942. The quantitative estimate of drug-likeness (QED) is 0.600. The highest BCUT2D eigenvalue weighted by Gasteiger charge is 2.39. The Morgan fingerprint density at radius 2 is 2.03 bits per heavy atom. The summed E-state index contributed by atoms with van der Waals surface area (Å²) >= 11 is 6.39. The zero-order valence-corrected chi connectivity index (χ0v) is 19.3. The minimum Gasteiger partial charge on any atom is -0.489 e. The molecular formula is C25H31ClN2O3. The van der Waals surface area contributed by atoms with Gasteiger partial charge in [0, 0.05) is 36.8 Å². The van der Waals surface area contributed by atoms with Crippen molar-refractivity contribution in [3.05, 3.63) is 63.7 Å². The molecule has 1 amide bonds. The summed E-state index contributed by atoms with van der Waals surface area (Å²) in [6.45, 7) is 4.27. The molecule has 1 atom stereocenters. The average molecular weight is 443 g/mol. The van der Waals surface area contributed by atoms with Crippen LogP contribution in [0.1, 0.15) is 35.6 Å². The van der Waals surface area contributed by atoms with Crippen molar-refractivity contribution >= 4 is 17.5 Å². The number of hydrogen-bond acceptors (Lipinski definition) is 4. The molecule has 0 spiro atoms. The standard InChI is InChI=1S/C25H31ClN2O3/c1-4-17-6-5-7-24(26)23(17)16-31-22-11-9-18-12-21(10-8-19(18)13-22)28-14-20(15-28)25(29)27(2)30-3/h5-7,9,11,13,20-21H,4,8,10,12,14-16H2,1-3H3. The third-order valence-electron chi connectivity index (χ3n) is 6.72. The van der Waals surface area contributed by atoms with Crippen molar-refractivity contribution in [1.29, 1.82) is 0 Å². The number of nitrogens with zero attached hydrogens (tertiary/aromatic N) is 2. The predicted molar refractivity (Wildman–Crippen MR) is 122 cm³/mol. The molecule has 0 bridgehead atoms. The molecule has 5 nitrogen and oxygen atoms in total. The van der Waals surface area contributed by atoms with E-state index in [4.69, 9.17) is 21.2 Å². The molecular weight excluding hydrogens is 412 g/mol. The predicted octanol–water partition coefficient (Wildman–Crippen LogP) is 4.29. The Labute approximate surface area is 189 Å². The number of hydroxylamine groups is 2. The van der Waals surface area contributed by atoms with E-state index >= 15 is 0 Å². The fourth-order valence-electron chi connectivity index (χ4n) is 4.68. The van der Waals surface area contributed by atoms with Crippen LogP contribution in [0.4, 0.5) is 0 Å². The van der Waals surface area contributed by atoms with Crippen LogP contribution in [0.3, 0.4) is 0 Å². The summed E-state index contributed by atoms with van der Waals surface area (Å²) in [6, 6.07) is 13.0. The summed E-state index contributed by atoms with van der Waals surface area (Å²) in [7, 11) is 3.21. The minimum atomic E-state index is 0.0555. The van der Waals surface area contributed by atoms with E-state index in [0.29, 0.717) is 12.6 Å². The number of hydrogen-bond donors (Lipinski definition) is 0. The lowest BCUT2D eigenvalue weighted by atomic mass is 9.84. The van der Waals surface area contributed by atoms with Crippen LogP contribution in [0.15, 0.2) is 36.4 Å². The molecule has 1 heterocycles. The number of ether oxygens (including phenoxy) is 1. The van der Waals surface area contributed by atoms with Gasteiger partial charge in [0.2, 0.25) is 0 Å². The number of rotatable bonds is 7. The van der Waals surface area contributed by atoms with E-state index in [-0.39, 0.29) is 11.8 Å². The molecule has 0 aromatic heterocycles. The number of carbonyl (C=O) groups is 1. The fourth-order valence-corrected chi connectivity index (χ4v) is 4.93. The van der Waals surface area contributed by atoms with Crippen LogP contribution < -0.4 is 4.74 Å². The second kappa shape index (κ2) is 9.60. The van der Waals surface area contributed by atoms with E-state index in [0.717, 1.165) is 55.1 Å². The second-order valence-corrected chi connectivity index (χ2v) is 8.92. The maximum Gasteiger partial charge on any atom is 0.251 e. The zero-order chi connectivity index (χ0) is 22.0. The van der Waals surface area contributed by atoms with Crippen LogP contribution in [0.2, 0.25) is 5.02 Å². The summed E-state index contributed by atoms with van der Waals surface area (Å²) in [5.74, 6) is 1.03. The van der Waals surface area contributed by atoms with Gasteiger partial charge in [-0.05, 0) is 60.6 Å². The first-order valence-electron chi connectivity index (χ1n) is 11.1. The van der Waals surface area contributed by atoms with Gasteiger partial charge < -0.3 is 4.74 Å². The molecule has 2 aliphatic rings. The van der Waals surface area contributed by atoms with Crippen molar-refractivity contribution in [2.45, 2.75) is 45.3 Å². The highest BCUT2D eigenvalue weighted by atomic mass is 35.5. The maximum atomic E-state index is 12.2. The van der Waals surface area contributed by atoms with Crippen molar-refractivity contribution in [2.75, 3.05) is 27.2 Å². The van der Waals surface area contributed by atoms with Gasteiger partial charge in [-0.15, -0.1) is 0 Å². The molecule has 166 valence electrons. The van der Waals surface area contributed by atoms with Gasteiger partial charge in [-0.2, -0.15) is 0 Å². The normalized spacial score (nSPS) is 18.9. The van der Waals surface area contributed by atoms with Crippen molar-refractivity contribution in [1.82, 2.24) is 9.96 Å². The van der Waals surface area contributed by atoms with Gasteiger partial charge in [0.05, 0.1) is 13.0 Å².